The van der Waals surface area contributed by atoms with Gasteiger partial charge in [0.2, 0.25) is 4.77 Å². The van der Waals surface area contributed by atoms with Crippen LogP contribution in [-0.4, -0.2) is 58.7 Å². The molecule has 0 saturated carbocycles. The summed E-state index contributed by atoms with van der Waals surface area (Å²) < 4.78 is 78.9. The Morgan fingerprint density at radius 1 is 1.31 bits per heavy atom. The van der Waals surface area contributed by atoms with Gasteiger partial charge < -0.3 is 35.2 Å². The van der Waals surface area contributed by atoms with E-state index in [0.717, 1.165) is 0 Å². The van der Waals surface area contributed by atoms with Gasteiger partial charge in [0.25, 0.3) is 0 Å². The van der Waals surface area contributed by atoms with Gasteiger partial charge in [-0.1, -0.05) is 5.92 Å². The quantitative estimate of drug-likeness (QED) is 0.147. The van der Waals surface area contributed by atoms with Crippen LogP contribution < -0.4 is 5.73 Å². The second-order valence-electron chi connectivity index (χ2n) is 5.96. The molecule has 1 aromatic rings. The molecular weight excluding hydrogens is 529 g/mol. The van der Waals surface area contributed by atoms with E-state index in [1.165, 1.54) is 0 Å². The average molecular weight is 543 g/mol. The zero-order chi connectivity index (χ0) is 24.7. The number of ether oxygens (including phenoxy) is 1. The zero-order valence-corrected chi connectivity index (χ0v) is 18.7. The molecule has 15 nitrogen and oxygen atoms in total. The first kappa shape index (κ1) is 27.1. The van der Waals surface area contributed by atoms with Gasteiger partial charge in [-0.2, -0.15) is 13.6 Å². The number of aliphatic hydroxyl groups is 1. The van der Waals surface area contributed by atoms with E-state index in [1.54, 1.807) is 5.92 Å². The first-order valence-corrected chi connectivity index (χ1v) is 12.7. The van der Waals surface area contributed by atoms with Crippen LogP contribution in [0, 0.1) is 22.9 Å². The highest BCUT2D eigenvalue weighted by atomic mass is 32.1. The Labute approximate surface area is 182 Å². The van der Waals surface area contributed by atoms with Gasteiger partial charge in [-0.15, -0.1) is 6.42 Å². The molecule has 0 spiro atoms. The summed E-state index contributed by atoms with van der Waals surface area (Å²) in [5.41, 5.74) is 2.68. The summed E-state index contributed by atoms with van der Waals surface area (Å²) in [7, 11) is -17.2. The summed E-state index contributed by atoms with van der Waals surface area (Å²) in [5.74, 6) is 0.0339. The predicted octanol–water partition coefficient (Wildman–Crippen LogP) is 0.277. The van der Waals surface area contributed by atoms with Crippen LogP contribution in [0.1, 0.15) is 6.23 Å². The van der Waals surface area contributed by atoms with Crippen LogP contribution in [0.3, 0.4) is 0 Å². The molecule has 21 heteroatoms. The standard InChI is InChI=1S/C11H14F2N3O12P3S/c1-2-11(4-25-30(21,22)28-31(23,24)27-29(18,19)20)7(17)6(13)9(26-11)16-3-5(12)8(14)15-10(16)32/h1,3,6-7,9,17H,4H2,(H,21,22)(H,23,24)(H2,14,15,32)(H2,18,19,20)/t6?,7-,9-,11-/m1/s1. The second-order valence-corrected chi connectivity index (χ2v) is 10.7. The fourth-order valence-electron chi connectivity index (χ4n) is 2.37. The normalized spacial score (nSPS) is 29.8. The minimum Gasteiger partial charge on any atom is -0.386 e. The molecule has 1 aliphatic heterocycles. The molecule has 1 aliphatic rings. The van der Waals surface area contributed by atoms with Gasteiger partial charge in [-0.3, -0.25) is 9.09 Å². The van der Waals surface area contributed by atoms with Crippen molar-refractivity contribution in [2.45, 2.75) is 24.1 Å². The van der Waals surface area contributed by atoms with Gasteiger partial charge in [-0.05, 0) is 12.2 Å². The number of nitrogens with two attached hydrogens (primary N) is 1. The third-order valence-electron chi connectivity index (χ3n) is 3.69. The Kier molecular flexibility index (Phi) is 7.83. The van der Waals surface area contributed by atoms with Crippen molar-refractivity contribution in [3.8, 4) is 12.3 Å². The summed E-state index contributed by atoms with van der Waals surface area (Å²) in [6, 6.07) is 0. The Balaban J connectivity index is 2.25. The Hall–Kier alpha value is -1.15. The molecular formula is C11H14F2N3O12P3S. The van der Waals surface area contributed by atoms with Gasteiger partial charge in [-0.25, -0.2) is 22.5 Å². The van der Waals surface area contributed by atoms with Crippen LogP contribution in [0.15, 0.2) is 6.20 Å². The summed E-state index contributed by atoms with van der Waals surface area (Å²) in [4.78, 5) is 39.0. The van der Waals surface area contributed by atoms with Crippen molar-refractivity contribution in [2.24, 2.45) is 0 Å². The Morgan fingerprint density at radius 3 is 2.44 bits per heavy atom. The second kappa shape index (κ2) is 9.24. The van der Waals surface area contributed by atoms with Gasteiger partial charge in [0.05, 0.1) is 0 Å². The van der Waals surface area contributed by atoms with Crippen molar-refractivity contribution < 1.29 is 65.0 Å². The van der Waals surface area contributed by atoms with Gasteiger partial charge in [0.15, 0.2) is 29.6 Å². The minimum absolute atomic E-state index is 0.482. The molecule has 0 aromatic carbocycles. The fraction of sp³-hybridized carbons (Fsp3) is 0.455. The van der Waals surface area contributed by atoms with Crippen LogP contribution >= 0.6 is 35.7 Å². The summed E-state index contributed by atoms with van der Waals surface area (Å²) >= 11 is 4.82. The third kappa shape index (κ3) is 6.25. The molecule has 3 unspecified atom stereocenters. The summed E-state index contributed by atoms with van der Waals surface area (Å²) in [5, 5.41) is 10.2. The molecule has 1 saturated heterocycles. The number of anilines is 1. The smallest absolute Gasteiger partial charge is 0.386 e. The number of phosphoric ester groups is 1. The van der Waals surface area contributed by atoms with Crippen LogP contribution in [0.5, 0.6) is 0 Å². The topological polar surface area (TPSA) is 233 Å². The van der Waals surface area contributed by atoms with E-state index in [4.69, 9.17) is 43.8 Å². The number of alkyl halides is 1. The number of aliphatic hydroxyl groups excluding tert-OH is 1. The van der Waals surface area contributed by atoms with Crippen LogP contribution in [0.25, 0.3) is 0 Å². The molecule has 1 aromatic heterocycles. The largest absolute Gasteiger partial charge is 0.490 e. The lowest BCUT2D eigenvalue weighted by atomic mass is 9.98. The maximum absolute atomic E-state index is 14.7. The molecule has 180 valence electrons. The van der Waals surface area contributed by atoms with Gasteiger partial charge >= 0.3 is 23.5 Å². The minimum atomic E-state index is -5.84. The molecule has 0 aliphatic carbocycles. The molecule has 2 heterocycles. The average Bonchev–Trinajstić information content (AvgIpc) is 2.85. The number of halogens is 2. The van der Waals surface area contributed by atoms with E-state index in [-0.39, 0.29) is 0 Å². The number of hydrogen-bond donors (Lipinski definition) is 6. The zero-order valence-electron chi connectivity index (χ0n) is 15.2. The number of aromatic nitrogens is 2. The highest BCUT2D eigenvalue weighted by Gasteiger charge is 2.57. The van der Waals surface area contributed by atoms with Crippen molar-refractivity contribution in [2.75, 3.05) is 12.3 Å². The predicted molar refractivity (Wildman–Crippen MR) is 99.8 cm³/mol. The lowest BCUT2D eigenvalue weighted by Crippen LogP contribution is -2.44. The molecule has 2 rings (SSSR count). The maximum atomic E-state index is 14.7. The highest BCUT2D eigenvalue weighted by Crippen LogP contribution is 2.66. The number of phosphoric acid groups is 3. The highest BCUT2D eigenvalue weighted by molar-refractivity contribution is 7.71. The number of nitrogen functional groups attached to an aromatic ring is 1. The molecule has 0 amide bonds. The van der Waals surface area contributed by atoms with Crippen LogP contribution in [0.4, 0.5) is 14.6 Å². The molecule has 0 bridgehead atoms. The molecule has 7 N–H and O–H groups in total. The monoisotopic (exact) mass is 543 g/mol. The number of terminal acetylenes is 1. The lowest BCUT2D eigenvalue weighted by molar-refractivity contribution is -0.0902. The van der Waals surface area contributed by atoms with Crippen molar-refractivity contribution in [1.29, 1.82) is 0 Å². The van der Waals surface area contributed by atoms with Crippen molar-refractivity contribution in [3.63, 3.8) is 0 Å². The number of rotatable bonds is 8. The van der Waals surface area contributed by atoms with E-state index in [1.807, 2.05) is 0 Å². The first-order chi connectivity index (χ1) is 14.4. The lowest BCUT2D eigenvalue weighted by Gasteiger charge is -2.27. The van der Waals surface area contributed by atoms with Crippen molar-refractivity contribution in [1.82, 2.24) is 9.55 Å². The van der Waals surface area contributed by atoms with Crippen LogP contribution in [0.2, 0.25) is 0 Å². The van der Waals surface area contributed by atoms with Gasteiger partial charge in [0, 0.05) is 6.20 Å². The molecule has 6 atom stereocenters. The van der Waals surface area contributed by atoms with Crippen LogP contribution in [-0.2, 0) is 31.6 Å². The van der Waals surface area contributed by atoms with E-state index < -0.39 is 70.6 Å². The summed E-state index contributed by atoms with van der Waals surface area (Å²) in [6.07, 6.45) is -0.801. The summed E-state index contributed by atoms with van der Waals surface area (Å²) in [6.45, 7) is -1.37. The molecule has 0 radical (unpaired) electrons. The first-order valence-electron chi connectivity index (χ1n) is 7.72. The molecule has 1 fully saturated rings. The van der Waals surface area contributed by atoms with Gasteiger partial charge in [0.1, 0.15) is 12.7 Å². The third-order valence-corrected chi connectivity index (χ3v) is 7.78. The van der Waals surface area contributed by atoms with E-state index in [0.29, 0.717) is 10.8 Å². The van der Waals surface area contributed by atoms with Crippen molar-refractivity contribution in [3.05, 3.63) is 16.8 Å². The SMILES string of the molecule is C#C[C@]1(COP(=O)(O)OP(=O)(O)OP(=O)(O)O)O[C@@H](n2cc(F)c(N)nc2=S)C(F)[C@H]1O. The Morgan fingerprint density at radius 2 is 1.91 bits per heavy atom. The van der Waals surface area contributed by atoms with Crippen molar-refractivity contribution >= 4 is 41.5 Å². The maximum Gasteiger partial charge on any atom is 0.490 e. The van der Waals surface area contributed by atoms with E-state index in [2.05, 4.69) is 18.1 Å². The Bertz CT molecular complexity index is 1140. The van der Waals surface area contributed by atoms with E-state index in [9.17, 15) is 32.5 Å². The number of hydrogen-bond acceptors (Lipinski definition) is 11. The van der Waals surface area contributed by atoms with E-state index >= 15 is 0 Å². The number of nitrogens with zero attached hydrogens (tertiary/aromatic N) is 2. The molecule has 32 heavy (non-hydrogen) atoms. The fourth-order valence-corrected chi connectivity index (χ4v) is 5.68.